The number of ether oxygens (including phenoxy) is 5. The molecule has 2 aromatic rings. The molecule has 2 fully saturated rings. The Morgan fingerprint density at radius 1 is 0.943 bits per heavy atom. The fourth-order valence-corrected chi connectivity index (χ4v) is 7.31. The van der Waals surface area contributed by atoms with Crippen LogP contribution in [0.1, 0.15) is 68.8 Å². The molecule has 2 heterocycles. The van der Waals surface area contributed by atoms with E-state index in [2.05, 4.69) is 5.32 Å². The molecule has 0 unspecified atom stereocenters. The standard InChI is InChI=1S/C34H39NO18/c1-11-24(39)14(35-33(47)53-32-31(46)30(45)27(42)17(9-36)52-32)6-19(50-11)51-16-8-34(48,18(38)10-37)7-13-21(16)29(44)23-22(26(13)41)25(40)12-4-3-5-15(49-2)20(12)28(23)43/h3-5,11,14,16-17,19,24,27,30-32,36-37,39,41-42,44-46,48H,6-10H2,1-2H3,(H,35,47)/t11-,14-,16-,17+,19-,24+,27-,30-,31+,32+,34-/m0/s1. The zero-order chi connectivity index (χ0) is 38.7. The van der Waals surface area contributed by atoms with Crippen LogP contribution in [-0.2, 0) is 30.2 Å². The molecule has 2 saturated heterocycles. The monoisotopic (exact) mass is 749 g/mol. The van der Waals surface area contributed by atoms with E-state index in [0.29, 0.717) is 0 Å². The molecule has 2 aromatic carbocycles. The molecule has 0 spiro atoms. The summed E-state index contributed by atoms with van der Waals surface area (Å²) in [6.45, 7) is -0.507. The Kier molecular flexibility index (Phi) is 10.5. The van der Waals surface area contributed by atoms with Crippen molar-refractivity contribution >= 4 is 23.4 Å². The topological polar surface area (TPSA) is 309 Å². The average molecular weight is 750 g/mol. The molecule has 0 radical (unpaired) electrons. The summed E-state index contributed by atoms with van der Waals surface area (Å²) in [4.78, 5) is 53.3. The molecule has 1 amide bonds. The van der Waals surface area contributed by atoms with Crippen molar-refractivity contribution in [2.24, 2.45) is 0 Å². The van der Waals surface area contributed by atoms with Crippen LogP contribution in [0.3, 0.4) is 0 Å². The summed E-state index contributed by atoms with van der Waals surface area (Å²) in [7, 11) is 1.27. The third kappa shape index (κ3) is 6.52. The highest BCUT2D eigenvalue weighted by Crippen LogP contribution is 2.52. The van der Waals surface area contributed by atoms with Crippen molar-refractivity contribution in [2.45, 2.75) is 93.1 Å². The number of Topliss-reactive ketones (excluding diaryl/α,β-unsaturated/α-hetero) is 1. The smallest absolute Gasteiger partial charge is 0.409 e. The molecule has 6 rings (SSSR count). The number of amides is 1. The minimum atomic E-state index is -2.42. The second-order valence-corrected chi connectivity index (χ2v) is 13.3. The van der Waals surface area contributed by atoms with Crippen molar-refractivity contribution in [3.63, 3.8) is 0 Å². The Hall–Kier alpha value is -4.28. The van der Waals surface area contributed by atoms with Crippen LogP contribution in [0.15, 0.2) is 18.2 Å². The van der Waals surface area contributed by atoms with Gasteiger partial charge in [-0.25, -0.2) is 4.79 Å². The summed E-state index contributed by atoms with van der Waals surface area (Å²) in [6, 6.07) is 2.98. The van der Waals surface area contributed by atoms with Gasteiger partial charge in [-0.3, -0.25) is 14.4 Å². The molecule has 19 nitrogen and oxygen atoms in total. The Morgan fingerprint density at radius 2 is 1.64 bits per heavy atom. The van der Waals surface area contributed by atoms with Crippen LogP contribution in [0, 0.1) is 0 Å². The van der Waals surface area contributed by atoms with Crippen molar-refractivity contribution in [1.29, 1.82) is 0 Å². The number of methoxy groups -OCH3 is 1. The molecule has 0 bridgehead atoms. The van der Waals surface area contributed by atoms with E-state index in [1.54, 1.807) is 0 Å². The van der Waals surface area contributed by atoms with E-state index in [0.717, 1.165) is 0 Å². The zero-order valence-electron chi connectivity index (χ0n) is 28.2. The van der Waals surface area contributed by atoms with Gasteiger partial charge in [0.25, 0.3) is 0 Å². The van der Waals surface area contributed by atoms with Gasteiger partial charge in [-0.05, 0) is 13.0 Å². The summed E-state index contributed by atoms with van der Waals surface area (Å²) in [6.07, 6.45) is -17.2. The van der Waals surface area contributed by atoms with Gasteiger partial charge in [0.2, 0.25) is 12.1 Å². The van der Waals surface area contributed by atoms with E-state index in [1.165, 1.54) is 32.2 Å². The van der Waals surface area contributed by atoms with Gasteiger partial charge in [0.05, 0.1) is 48.7 Å². The predicted molar refractivity (Wildman–Crippen MR) is 171 cm³/mol. The Balaban J connectivity index is 1.31. The van der Waals surface area contributed by atoms with Crippen LogP contribution in [0.2, 0.25) is 0 Å². The maximum Gasteiger partial charge on any atom is 0.409 e. The first kappa shape index (κ1) is 38.4. The molecule has 11 atom stereocenters. The van der Waals surface area contributed by atoms with Crippen LogP contribution < -0.4 is 10.1 Å². The van der Waals surface area contributed by atoms with Gasteiger partial charge < -0.3 is 75.0 Å². The first-order valence-electron chi connectivity index (χ1n) is 16.6. The maximum atomic E-state index is 13.9. The number of fused-ring (bicyclic) bond motifs is 3. The SMILES string of the molecule is COc1cccc2c1C(=O)c1c(O)c3c(c(O)c1C2=O)C[C@@](O)(C(=O)CO)C[C@@H]3O[C@H]1C[C@H](NC(=O)O[C@H]2O[C@H](CO)[C@H](O)[C@H](O)[C@H]2O)[C@H](O)[C@H](C)O1. The number of nitrogens with one attached hydrogen (secondary N) is 1. The van der Waals surface area contributed by atoms with Crippen LogP contribution in [0.5, 0.6) is 17.2 Å². The number of rotatable bonds is 8. The summed E-state index contributed by atoms with van der Waals surface area (Å²) < 4.78 is 27.4. The quantitative estimate of drug-likeness (QED) is 0.107. The summed E-state index contributed by atoms with van der Waals surface area (Å²) in [5, 5.41) is 97.3. The second kappa shape index (κ2) is 14.5. The fraction of sp³-hybridized carbons (Fsp3) is 0.529. The molecular weight excluding hydrogens is 710 g/mol. The number of hydrogen-bond acceptors (Lipinski definition) is 18. The van der Waals surface area contributed by atoms with Crippen LogP contribution in [-0.4, -0.2) is 151 Å². The van der Waals surface area contributed by atoms with Gasteiger partial charge in [-0.2, -0.15) is 0 Å². The third-order valence-electron chi connectivity index (χ3n) is 10.1. The van der Waals surface area contributed by atoms with Crippen molar-refractivity contribution in [3.8, 4) is 17.2 Å². The van der Waals surface area contributed by atoms with E-state index >= 15 is 0 Å². The average Bonchev–Trinajstić information content (AvgIpc) is 3.13. The number of alkyl carbamates (subject to hydrolysis) is 1. The Morgan fingerprint density at radius 3 is 2.30 bits per heavy atom. The lowest BCUT2D eigenvalue weighted by molar-refractivity contribution is -0.285. The molecule has 2 aliphatic carbocycles. The Bertz CT molecular complexity index is 1810. The molecule has 4 aliphatic rings. The van der Waals surface area contributed by atoms with E-state index in [9.17, 15) is 65.1 Å². The molecular formula is C34H39NO18. The summed E-state index contributed by atoms with van der Waals surface area (Å²) in [5.74, 6) is -4.41. The minimum Gasteiger partial charge on any atom is -0.507 e. The Labute approximate surface area is 299 Å². The van der Waals surface area contributed by atoms with Crippen LogP contribution in [0.4, 0.5) is 4.79 Å². The van der Waals surface area contributed by atoms with Crippen LogP contribution in [0.25, 0.3) is 0 Å². The molecule has 0 saturated carbocycles. The lowest BCUT2D eigenvalue weighted by Gasteiger charge is -2.43. The molecule has 19 heteroatoms. The van der Waals surface area contributed by atoms with Gasteiger partial charge in [-0.1, -0.05) is 12.1 Å². The van der Waals surface area contributed by atoms with Crippen molar-refractivity contribution in [3.05, 3.63) is 51.6 Å². The highest BCUT2D eigenvalue weighted by atomic mass is 16.7. The first-order valence-corrected chi connectivity index (χ1v) is 16.6. The number of hydrogen-bond donors (Lipinski definition) is 10. The van der Waals surface area contributed by atoms with E-state index in [4.69, 9.17) is 23.7 Å². The number of aliphatic hydroxyl groups is 7. The first-order chi connectivity index (χ1) is 25.1. The van der Waals surface area contributed by atoms with Crippen LogP contribution >= 0.6 is 0 Å². The maximum absolute atomic E-state index is 13.9. The highest BCUT2D eigenvalue weighted by molar-refractivity contribution is 6.31. The number of benzene rings is 2. The van der Waals surface area contributed by atoms with Gasteiger partial charge in [-0.15, -0.1) is 0 Å². The largest absolute Gasteiger partial charge is 0.507 e. The van der Waals surface area contributed by atoms with Crippen molar-refractivity contribution < 1.29 is 88.8 Å². The number of ketones is 3. The number of phenolic OH excluding ortho intramolecular Hbond substituents is 2. The summed E-state index contributed by atoms with van der Waals surface area (Å²) in [5.41, 5.74) is -4.49. The van der Waals surface area contributed by atoms with E-state index in [1.807, 2.05) is 0 Å². The number of phenols is 2. The molecule has 0 aromatic heterocycles. The number of aliphatic hydroxyl groups excluding tert-OH is 6. The normalized spacial score (nSPS) is 33.7. The van der Waals surface area contributed by atoms with Gasteiger partial charge in [0.15, 0.2) is 17.9 Å². The molecule has 10 N–H and O–H groups in total. The fourth-order valence-electron chi connectivity index (χ4n) is 7.31. The van der Waals surface area contributed by atoms with Gasteiger partial charge in [0.1, 0.15) is 60.0 Å². The highest BCUT2D eigenvalue weighted by Gasteiger charge is 2.51. The van der Waals surface area contributed by atoms with Gasteiger partial charge >= 0.3 is 6.09 Å². The van der Waals surface area contributed by atoms with E-state index in [-0.39, 0.29) is 34.4 Å². The van der Waals surface area contributed by atoms with E-state index < -0.39 is 139 Å². The summed E-state index contributed by atoms with van der Waals surface area (Å²) >= 11 is 0. The minimum absolute atomic E-state index is 0.0191. The second-order valence-electron chi connectivity index (χ2n) is 13.3. The number of carbonyl (C=O) groups is 4. The van der Waals surface area contributed by atoms with Crippen molar-refractivity contribution in [2.75, 3.05) is 20.3 Å². The molecule has 53 heavy (non-hydrogen) atoms. The van der Waals surface area contributed by atoms with Gasteiger partial charge in [0, 0.05) is 36.0 Å². The van der Waals surface area contributed by atoms with Crippen molar-refractivity contribution in [1.82, 2.24) is 5.32 Å². The number of aromatic hydroxyl groups is 2. The number of carbonyl (C=O) groups excluding carboxylic acids is 4. The molecule has 288 valence electrons. The lowest BCUT2D eigenvalue weighted by Crippen LogP contribution is -2.61. The third-order valence-corrected chi connectivity index (χ3v) is 10.1. The predicted octanol–water partition coefficient (Wildman–Crippen LogP) is -2.43. The zero-order valence-corrected chi connectivity index (χ0v) is 28.2. The lowest BCUT2D eigenvalue weighted by atomic mass is 9.72. The molecule has 2 aliphatic heterocycles.